The van der Waals surface area contributed by atoms with Crippen LogP contribution in [0.5, 0.6) is 11.5 Å². The van der Waals surface area contributed by atoms with E-state index >= 15 is 0 Å². The van der Waals surface area contributed by atoms with Crippen molar-refractivity contribution in [2.24, 2.45) is 0 Å². The molecule has 196 valence electrons. The van der Waals surface area contributed by atoms with Crippen LogP contribution in [0.1, 0.15) is 32.2 Å². The van der Waals surface area contributed by atoms with Crippen molar-refractivity contribution in [2.45, 2.75) is 5.92 Å². The summed E-state index contributed by atoms with van der Waals surface area (Å²) in [7, 11) is 0. The second-order valence-corrected chi connectivity index (χ2v) is 9.09. The second kappa shape index (κ2) is 9.55. The Morgan fingerprint density at radius 2 is 1.05 bits per heavy atom. The van der Waals surface area contributed by atoms with Crippen molar-refractivity contribution in [3.8, 4) is 11.5 Å². The fraction of sp³-hybridized carbons (Fsp3) is 0.0323. The van der Waals surface area contributed by atoms with Gasteiger partial charge in [0.05, 0.1) is 10.8 Å². The van der Waals surface area contributed by atoms with Gasteiger partial charge in [-0.05, 0) is 29.8 Å². The number of benzene rings is 3. The summed E-state index contributed by atoms with van der Waals surface area (Å²) in [5, 5.41) is 24.9. The first kappa shape index (κ1) is 24.6. The molecule has 0 atom stereocenters. The van der Waals surface area contributed by atoms with Gasteiger partial charge in [-0.3, -0.25) is 9.59 Å². The summed E-state index contributed by atoms with van der Waals surface area (Å²) in [6.07, 6.45) is 2.63. The average Bonchev–Trinajstić information content (AvgIpc) is 2.97. The molecular weight excluding hydrogens is 514 g/mol. The smallest absolute Gasteiger partial charge is 0.351 e. The van der Waals surface area contributed by atoms with Crippen molar-refractivity contribution in [3.05, 3.63) is 140 Å². The van der Waals surface area contributed by atoms with E-state index in [1.165, 1.54) is 36.7 Å². The van der Waals surface area contributed by atoms with Gasteiger partial charge in [0.2, 0.25) is 11.6 Å². The van der Waals surface area contributed by atoms with Crippen molar-refractivity contribution in [1.82, 2.24) is 5.32 Å². The summed E-state index contributed by atoms with van der Waals surface area (Å²) < 4.78 is 10.6. The molecule has 2 aromatic heterocycles. The number of carbonyl (C=O) groups is 2. The summed E-state index contributed by atoms with van der Waals surface area (Å²) >= 11 is 0. The number of allylic oxidation sites excluding steroid dienone is 2. The number of fused-ring (bicyclic) bond motifs is 2. The van der Waals surface area contributed by atoms with E-state index in [-0.39, 0.29) is 33.1 Å². The van der Waals surface area contributed by atoms with E-state index in [4.69, 9.17) is 8.83 Å². The molecule has 0 radical (unpaired) electrons. The molecule has 3 aromatic carbocycles. The Kier molecular flexibility index (Phi) is 5.88. The predicted octanol–water partition coefficient (Wildman–Crippen LogP) is 4.53. The first-order chi connectivity index (χ1) is 19.4. The summed E-state index contributed by atoms with van der Waals surface area (Å²) in [5.41, 5.74) is -2.76. The highest BCUT2D eigenvalue weighted by Gasteiger charge is 2.37. The molecular formula is C31H19NO8. The number of hydrogen-bond donors (Lipinski definition) is 3. The number of dihydropyridines is 1. The SMILES string of the molecule is O=C(C1=CNC=C(C(=O)c2c(O)c3ccccc3oc2=O)C1c1ccccc1)c1c(O)c2ccccc2oc1=O. The van der Waals surface area contributed by atoms with E-state index < -0.39 is 51.4 Å². The van der Waals surface area contributed by atoms with Gasteiger partial charge in [0, 0.05) is 29.5 Å². The minimum atomic E-state index is -1.09. The standard InChI is InChI=1S/C31H19NO8/c33-26-17-10-4-6-12-21(17)39-30(37)24(26)28(35)19-14-32-15-20(23(19)16-8-2-1-3-9-16)29(36)25-27(34)18-11-5-7-13-22(18)40-31(25)38/h1-15,23,32-34H. The quantitative estimate of drug-likeness (QED) is 0.219. The third-order valence-corrected chi connectivity index (χ3v) is 6.78. The number of rotatable bonds is 5. The Labute approximate surface area is 224 Å². The van der Waals surface area contributed by atoms with Crippen LogP contribution < -0.4 is 16.6 Å². The van der Waals surface area contributed by atoms with Crippen LogP contribution in [0.3, 0.4) is 0 Å². The molecule has 0 fully saturated rings. The molecule has 3 heterocycles. The summed E-state index contributed by atoms with van der Waals surface area (Å²) in [6, 6.07) is 20.9. The van der Waals surface area contributed by atoms with E-state index in [9.17, 15) is 29.4 Å². The maximum absolute atomic E-state index is 13.9. The van der Waals surface area contributed by atoms with Gasteiger partial charge in [-0.15, -0.1) is 0 Å². The minimum absolute atomic E-state index is 0.0698. The highest BCUT2D eigenvalue weighted by atomic mass is 16.4. The van der Waals surface area contributed by atoms with Crippen LogP contribution in [0.25, 0.3) is 21.9 Å². The van der Waals surface area contributed by atoms with E-state index in [0.717, 1.165) is 0 Å². The molecule has 1 aliphatic heterocycles. The van der Waals surface area contributed by atoms with Crippen molar-refractivity contribution in [3.63, 3.8) is 0 Å². The Morgan fingerprint density at radius 1 is 0.625 bits per heavy atom. The highest BCUT2D eigenvalue weighted by Crippen LogP contribution is 2.39. The van der Waals surface area contributed by atoms with E-state index in [2.05, 4.69) is 5.32 Å². The lowest BCUT2D eigenvalue weighted by Gasteiger charge is -2.26. The molecule has 3 N–H and O–H groups in total. The van der Waals surface area contributed by atoms with Gasteiger partial charge in [0.1, 0.15) is 22.7 Å². The maximum atomic E-state index is 13.9. The Bertz CT molecular complexity index is 1910. The molecule has 9 nitrogen and oxygen atoms in total. The number of aromatic hydroxyl groups is 2. The number of hydrogen-bond acceptors (Lipinski definition) is 9. The normalized spacial score (nSPS) is 13.5. The Hall–Kier alpha value is -5.70. The van der Waals surface area contributed by atoms with E-state index in [1.54, 1.807) is 54.6 Å². The molecule has 9 heteroatoms. The van der Waals surface area contributed by atoms with Crippen molar-refractivity contribution in [2.75, 3.05) is 0 Å². The van der Waals surface area contributed by atoms with Crippen molar-refractivity contribution in [1.29, 1.82) is 0 Å². The number of para-hydroxylation sites is 2. The van der Waals surface area contributed by atoms with Crippen LogP contribution in [0, 0.1) is 0 Å². The van der Waals surface area contributed by atoms with Gasteiger partial charge in [0.15, 0.2) is 11.1 Å². The lowest BCUT2D eigenvalue weighted by atomic mass is 9.78. The van der Waals surface area contributed by atoms with E-state index in [1.807, 2.05) is 0 Å². The molecule has 0 aliphatic carbocycles. The van der Waals surface area contributed by atoms with Crippen LogP contribution in [-0.2, 0) is 0 Å². The van der Waals surface area contributed by atoms with Gasteiger partial charge in [-0.1, -0.05) is 54.6 Å². The number of ketones is 2. The predicted molar refractivity (Wildman–Crippen MR) is 145 cm³/mol. The molecule has 0 unspecified atom stereocenters. The van der Waals surface area contributed by atoms with Crippen LogP contribution in [0.4, 0.5) is 0 Å². The molecule has 40 heavy (non-hydrogen) atoms. The highest BCUT2D eigenvalue weighted by molar-refractivity contribution is 6.18. The van der Waals surface area contributed by atoms with Crippen molar-refractivity contribution < 1.29 is 28.6 Å². The van der Waals surface area contributed by atoms with Crippen molar-refractivity contribution >= 4 is 33.5 Å². The first-order valence-corrected chi connectivity index (χ1v) is 12.2. The fourth-order valence-corrected chi connectivity index (χ4v) is 4.91. The monoisotopic (exact) mass is 533 g/mol. The minimum Gasteiger partial charge on any atom is -0.506 e. The molecule has 0 amide bonds. The topological polar surface area (TPSA) is 147 Å². The molecule has 0 spiro atoms. The van der Waals surface area contributed by atoms with Crippen LogP contribution in [-0.4, -0.2) is 21.8 Å². The number of carbonyl (C=O) groups excluding carboxylic acids is 2. The zero-order valence-corrected chi connectivity index (χ0v) is 20.6. The molecule has 5 aromatic rings. The Balaban J connectivity index is 1.51. The second-order valence-electron chi connectivity index (χ2n) is 9.09. The molecule has 0 saturated carbocycles. The first-order valence-electron chi connectivity index (χ1n) is 12.2. The molecule has 6 rings (SSSR count). The third-order valence-electron chi connectivity index (χ3n) is 6.78. The Morgan fingerprint density at radius 3 is 1.52 bits per heavy atom. The van der Waals surface area contributed by atoms with Gasteiger partial charge >= 0.3 is 11.3 Å². The summed E-state index contributed by atoms with van der Waals surface area (Å²) in [4.78, 5) is 53.5. The van der Waals surface area contributed by atoms with Gasteiger partial charge < -0.3 is 24.4 Å². The fourth-order valence-electron chi connectivity index (χ4n) is 4.91. The van der Waals surface area contributed by atoms with Gasteiger partial charge in [0.25, 0.3) is 0 Å². The van der Waals surface area contributed by atoms with Gasteiger partial charge in [-0.2, -0.15) is 0 Å². The van der Waals surface area contributed by atoms with E-state index in [0.29, 0.717) is 5.56 Å². The molecule has 1 aliphatic rings. The van der Waals surface area contributed by atoms with Crippen LogP contribution >= 0.6 is 0 Å². The average molecular weight is 533 g/mol. The van der Waals surface area contributed by atoms with Crippen LogP contribution in [0.15, 0.2) is 121 Å². The third kappa shape index (κ3) is 3.88. The van der Waals surface area contributed by atoms with Gasteiger partial charge in [-0.25, -0.2) is 9.59 Å². The number of Topliss-reactive ketones (excluding diaryl/α,β-unsaturated/α-hetero) is 2. The lowest BCUT2D eigenvalue weighted by molar-refractivity contribution is 0.101. The largest absolute Gasteiger partial charge is 0.506 e. The molecule has 0 saturated heterocycles. The molecule has 0 bridgehead atoms. The summed E-state index contributed by atoms with van der Waals surface area (Å²) in [6.45, 7) is 0. The van der Waals surface area contributed by atoms with Crippen LogP contribution in [0.2, 0.25) is 0 Å². The number of nitrogens with one attached hydrogen (secondary N) is 1. The zero-order valence-electron chi connectivity index (χ0n) is 20.6. The zero-order chi connectivity index (χ0) is 28.0. The lowest BCUT2D eigenvalue weighted by Crippen LogP contribution is -2.29. The maximum Gasteiger partial charge on any atom is 0.351 e. The summed E-state index contributed by atoms with van der Waals surface area (Å²) in [5.74, 6) is -3.96.